The standard InChI is InChI=1S/C19H21N3O3/c1-21(2)15-7-5-14(6-8-15)19(24)20-11-13-4-9-17-16(10-13)22(3)18(23)12-25-17/h4-10H,11-12H2,1-3H3,(H,20,24). The number of carbonyl (C=O) groups is 2. The quantitative estimate of drug-likeness (QED) is 0.926. The van der Waals surface area contributed by atoms with E-state index >= 15 is 0 Å². The first-order chi connectivity index (χ1) is 12.0. The molecular formula is C19H21N3O3. The number of fused-ring (bicyclic) bond motifs is 1. The van der Waals surface area contributed by atoms with Crippen molar-refractivity contribution in [3.63, 3.8) is 0 Å². The van der Waals surface area contributed by atoms with Crippen molar-refractivity contribution < 1.29 is 14.3 Å². The van der Waals surface area contributed by atoms with Gasteiger partial charge in [0.2, 0.25) is 0 Å². The van der Waals surface area contributed by atoms with Crippen molar-refractivity contribution in [3.05, 3.63) is 53.6 Å². The summed E-state index contributed by atoms with van der Waals surface area (Å²) in [5, 5.41) is 2.90. The molecular weight excluding hydrogens is 318 g/mol. The maximum absolute atomic E-state index is 12.3. The Kier molecular flexibility index (Phi) is 4.61. The molecule has 0 atom stereocenters. The minimum absolute atomic E-state index is 0.0581. The molecule has 0 aliphatic carbocycles. The number of ether oxygens (including phenoxy) is 1. The molecule has 130 valence electrons. The zero-order valence-electron chi connectivity index (χ0n) is 14.6. The number of rotatable bonds is 4. The predicted octanol–water partition coefficient (Wildman–Crippen LogP) is 2.04. The summed E-state index contributed by atoms with van der Waals surface area (Å²) in [6, 6.07) is 13.0. The Balaban J connectivity index is 1.67. The number of anilines is 2. The van der Waals surface area contributed by atoms with Crippen LogP contribution in [0.3, 0.4) is 0 Å². The van der Waals surface area contributed by atoms with E-state index in [4.69, 9.17) is 4.74 Å². The zero-order chi connectivity index (χ0) is 18.0. The van der Waals surface area contributed by atoms with Crippen molar-refractivity contribution in [2.24, 2.45) is 0 Å². The number of nitrogens with zero attached hydrogens (tertiary/aromatic N) is 2. The van der Waals surface area contributed by atoms with E-state index in [1.807, 2.05) is 49.3 Å². The molecule has 0 aromatic heterocycles. The lowest BCUT2D eigenvalue weighted by Crippen LogP contribution is -2.35. The van der Waals surface area contributed by atoms with Gasteiger partial charge in [-0.05, 0) is 42.0 Å². The highest BCUT2D eigenvalue weighted by Crippen LogP contribution is 2.31. The van der Waals surface area contributed by atoms with E-state index in [1.165, 1.54) is 0 Å². The lowest BCUT2D eigenvalue weighted by molar-refractivity contribution is -0.120. The molecule has 1 aliphatic rings. The molecule has 2 aromatic carbocycles. The summed E-state index contributed by atoms with van der Waals surface area (Å²) in [6.45, 7) is 0.437. The molecule has 1 aliphatic heterocycles. The lowest BCUT2D eigenvalue weighted by Gasteiger charge is -2.26. The fourth-order valence-electron chi connectivity index (χ4n) is 2.62. The maximum atomic E-state index is 12.3. The van der Waals surface area contributed by atoms with Crippen molar-refractivity contribution >= 4 is 23.2 Å². The number of nitrogens with one attached hydrogen (secondary N) is 1. The van der Waals surface area contributed by atoms with Crippen LogP contribution in [0.25, 0.3) is 0 Å². The van der Waals surface area contributed by atoms with Gasteiger partial charge < -0.3 is 19.9 Å². The van der Waals surface area contributed by atoms with Crippen LogP contribution in [-0.2, 0) is 11.3 Å². The summed E-state index contributed by atoms with van der Waals surface area (Å²) in [7, 11) is 5.63. The highest BCUT2D eigenvalue weighted by atomic mass is 16.5. The smallest absolute Gasteiger partial charge is 0.264 e. The van der Waals surface area contributed by atoms with Crippen LogP contribution in [0.5, 0.6) is 5.75 Å². The summed E-state index contributed by atoms with van der Waals surface area (Å²) in [6.07, 6.45) is 0. The summed E-state index contributed by atoms with van der Waals surface area (Å²) in [5.74, 6) is 0.454. The number of benzene rings is 2. The van der Waals surface area contributed by atoms with E-state index in [2.05, 4.69) is 5.32 Å². The van der Waals surface area contributed by atoms with Crippen LogP contribution in [-0.4, -0.2) is 39.6 Å². The Labute approximate surface area is 147 Å². The van der Waals surface area contributed by atoms with Crippen molar-refractivity contribution in [2.45, 2.75) is 6.54 Å². The molecule has 2 aromatic rings. The van der Waals surface area contributed by atoms with Gasteiger partial charge in [-0.3, -0.25) is 9.59 Å². The molecule has 0 spiro atoms. The summed E-state index contributed by atoms with van der Waals surface area (Å²) in [5.41, 5.74) is 3.28. The fourth-order valence-corrected chi connectivity index (χ4v) is 2.62. The first-order valence-corrected chi connectivity index (χ1v) is 8.03. The molecule has 0 saturated carbocycles. The molecule has 25 heavy (non-hydrogen) atoms. The van der Waals surface area contributed by atoms with Gasteiger partial charge in [0.05, 0.1) is 5.69 Å². The number of amides is 2. The van der Waals surface area contributed by atoms with Gasteiger partial charge in [-0.1, -0.05) is 6.07 Å². The first-order valence-electron chi connectivity index (χ1n) is 8.03. The molecule has 0 bridgehead atoms. The molecule has 0 saturated heterocycles. The minimum Gasteiger partial charge on any atom is -0.482 e. The third-order valence-electron chi connectivity index (χ3n) is 4.21. The normalized spacial score (nSPS) is 13.1. The molecule has 1 heterocycles. The fraction of sp³-hybridized carbons (Fsp3) is 0.263. The minimum atomic E-state index is -0.135. The summed E-state index contributed by atoms with van der Waals surface area (Å²) in [4.78, 5) is 27.6. The third-order valence-corrected chi connectivity index (χ3v) is 4.21. The average molecular weight is 339 g/mol. The summed E-state index contributed by atoms with van der Waals surface area (Å²) >= 11 is 0. The second kappa shape index (κ2) is 6.84. The van der Waals surface area contributed by atoms with Gasteiger partial charge in [0, 0.05) is 38.9 Å². The van der Waals surface area contributed by atoms with Gasteiger partial charge in [0.1, 0.15) is 5.75 Å². The van der Waals surface area contributed by atoms with Gasteiger partial charge in [-0.15, -0.1) is 0 Å². The van der Waals surface area contributed by atoms with Gasteiger partial charge in [0.25, 0.3) is 11.8 Å². The third kappa shape index (κ3) is 3.57. The topological polar surface area (TPSA) is 61.9 Å². The second-order valence-electron chi connectivity index (χ2n) is 6.17. The van der Waals surface area contributed by atoms with Crippen molar-refractivity contribution in [2.75, 3.05) is 37.5 Å². The average Bonchev–Trinajstić information content (AvgIpc) is 2.63. The van der Waals surface area contributed by atoms with Gasteiger partial charge in [0.15, 0.2) is 6.61 Å². The van der Waals surface area contributed by atoms with E-state index in [-0.39, 0.29) is 18.4 Å². The number of likely N-dealkylation sites (N-methyl/N-ethyl adjacent to an activating group) is 1. The van der Waals surface area contributed by atoms with Crippen molar-refractivity contribution in [1.82, 2.24) is 5.32 Å². The molecule has 6 heteroatoms. The van der Waals surface area contributed by atoms with E-state index in [9.17, 15) is 9.59 Å². The number of carbonyl (C=O) groups excluding carboxylic acids is 2. The molecule has 0 radical (unpaired) electrons. The number of hydrogen-bond acceptors (Lipinski definition) is 4. The molecule has 6 nitrogen and oxygen atoms in total. The molecule has 1 N–H and O–H groups in total. The zero-order valence-corrected chi connectivity index (χ0v) is 14.6. The van der Waals surface area contributed by atoms with Gasteiger partial charge in [-0.25, -0.2) is 0 Å². The van der Waals surface area contributed by atoms with E-state index in [0.717, 1.165) is 16.9 Å². The van der Waals surface area contributed by atoms with Crippen LogP contribution < -0.4 is 19.9 Å². The molecule has 0 fully saturated rings. The Morgan fingerprint density at radius 2 is 1.92 bits per heavy atom. The van der Waals surface area contributed by atoms with Crippen LogP contribution in [0.15, 0.2) is 42.5 Å². The predicted molar refractivity (Wildman–Crippen MR) is 97.3 cm³/mol. The largest absolute Gasteiger partial charge is 0.482 e. The van der Waals surface area contributed by atoms with Crippen LogP contribution in [0, 0.1) is 0 Å². The van der Waals surface area contributed by atoms with Crippen molar-refractivity contribution in [3.8, 4) is 5.75 Å². The number of hydrogen-bond donors (Lipinski definition) is 1. The molecule has 2 amide bonds. The van der Waals surface area contributed by atoms with Crippen LogP contribution in [0.2, 0.25) is 0 Å². The Morgan fingerprint density at radius 1 is 1.20 bits per heavy atom. The lowest BCUT2D eigenvalue weighted by atomic mass is 10.1. The Bertz CT molecular complexity index is 800. The van der Waals surface area contributed by atoms with E-state index < -0.39 is 0 Å². The maximum Gasteiger partial charge on any atom is 0.264 e. The van der Waals surface area contributed by atoms with Crippen LogP contribution in [0.4, 0.5) is 11.4 Å². The van der Waals surface area contributed by atoms with Crippen molar-refractivity contribution in [1.29, 1.82) is 0 Å². The van der Waals surface area contributed by atoms with Crippen LogP contribution >= 0.6 is 0 Å². The Hall–Kier alpha value is -3.02. The SMILES string of the molecule is CN(C)c1ccc(C(=O)NCc2ccc3c(c2)N(C)C(=O)CO3)cc1. The van der Waals surface area contributed by atoms with Crippen LogP contribution in [0.1, 0.15) is 15.9 Å². The molecule has 3 rings (SSSR count). The molecule has 0 unspecified atom stereocenters. The van der Waals surface area contributed by atoms with E-state index in [1.54, 1.807) is 24.1 Å². The summed E-state index contributed by atoms with van der Waals surface area (Å²) < 4.78 is 5.40. The van der Waals surface area contributed by atoms with E-state index in [0.29, 0.717) is 17.9 Å². The highest BCUT2D eigenvalue weighted by molar-refractivity contribution is 5.97. The highest BCUT2D eigenvalue weighted by Gasteiger charge is 2.22. The Morgan fingerprint density at radius 3 is 2.60 bits per heavy atom. The van der Waals surface area contributed by atoms with Gasteiger partial charge in [-0.2, -0.15) is 0 Å². The second-order valence-corrected chi connectivity index (χ2v) is 6.17. The monoisotopic (exact) mass is 339 g/mol. The van der Waals surface area contributed by atoms with Gasteiger partial charge >= 0.3 is 0 Å². The first kappa shape index (κ1) is 16.8.